The number of nitrogens with one attached hydrogen (secondary N) is 1. The molecule has 0 spiro atoms. The lowest BCUT2D eigenvalue weighted by atomic mass is 10.2. The quantitative estimate of drug-likeness (QED) is 0.836. The topological polar surface area (TPSA) is 72.9 Å². The summed E-state index contributed by atoms with van der Waals surface area (Å²) in [4.78, 5) is 26.1. The van der Waals surface area contributed by atoms with E-state index in [4.69, 9.17) is 5.11 Å². The van der Waals surface area contributed by atoms with Crippen LogP contribution in [0.25, 0.3) is 0 Å². The summed E-state index contributed by atoms with van der Waals surface area (Å²) in [5.41, 5.74) is 1.60. The van der Waals surface area contributed by atoms with Crippen molar-refractivity contribution in [2.75, 3.05) is 37.4 Å². The number of hydrogen-bond donors (Lipinski definition) is 2. The number of carbonyl (C=O) groups excluding carboxylic acids is 1. The second-order valence-corrected chi connectivity index (χ2v) is 4.57. The second-order valence-electron chi connectivity index (χ2n) is 4.57. The monoisotopic (exact) mass is 279 g/mol. The molecule has 0 fully saturated rings. The van der Waals surface area contributed by atoms with Gasteiger partial charge >= 0.3 is 12.0 Å². The molecule has 6 heteroatoms. The summed E-state index contributed by atoms with van der Waals surface area (Å²) in [6.07, 6.45) is -0.0589. The van der Waals surface area contributed by atoms with Gasteiger partial charge in [-0.25, -0.2) is 4.79 Å². The van der Waals surface area contributed by atoms with Gasteiger partial charge in [0.15, 0.2) is 0 Å². The van der Waals surface area contributed by atoms with Gasteiger partial charge in [-0.2, -0.15) is 0 Å². The zero-order valence-corrected chi connectivity index (χ0v) is 12.1. The fourth-order valence-corrected chi connectivity index (χ4v) is 1.80. The maximum atomic E-state index is 12.1. The SMILES string of the molecule is CCN(CCC(=O)O)C(=O)Nc1ccccc1N(C)C. The highest BCUT2D eigenvalue weighted by atomic mass is 16.4. The molecule has 1 rings (SSSR count). The standard InChI is InChI=1S/C14H21N3O3/c1-4-17(10-9-13(18)19)14(20)15-11-7-5-6-8-12(11)16(2)3/h5-8H,4,9-10H2,1-3H3,(H,15,20)(H,18,19). The van der Waals surface area contributed by atoms with Crippen LogP contribution in [0.3, 0.4) is 0 Å². The molecule has 0 heterocycles. The highest BCUT2D eigenvalue weighted by Crippen LogP contribution is 2.23. The number of benzene rings is 1. The van der Waals surface area contributed by atoms with E-state index in [1.807, 2.05) is 50.2 Å². The molecule has 2 amide bonds. The van der Waals surface area contributed by atoms with Gasteiger partial charge in [-0.15, -0.1) is 0 Å². The molecule has 0 bridgehead atoms. The van der Waals surface area contributed by atoms with Gasteiger partial charge in [0.05, 0.1) is 17.8 Å². The number of amides is 2. The Morgan fingerprint density at radius 1 is 1.25 bits per heavy atom. The average molecular weight is 279 g/mol. The third-order valence-electron chi connectivity index (χ3n) is 2.89. The maximum Gasteiger partial charge on any atom is 0.321 e. The number of nitrogens with zero attached hydrogens (tertiary/aromatic N) is 2. The summed E-state index contributed by atoms with van der Waals surface area (Å²) in [5, 5.41) is 11.5. The maximum absolute atomic E-state index is 12.1. The molecular weight excluding hydrogens is 258 g/mol. The average Bonchev–Trinajstić information content (AvgIpc) is 2.39. The summed E-state index contributed by atoms with van der Waals surface area (Å²) < 4.78 is 0. The summed E-state index contributed by atoms with van der Waals surface area (Å²) in [6, 6.07) is 7.17. The van der Waals surface area contributed by atoms with Gasteiger partial charge < -0.3 is 20.2 Å². The van der Waals surface area contributed by atoms with Crippen molar-refractivity contribution in [3.8, 4) is 0 Å². The Labute approximate surface area is 119 Å². The van der Waals surface area contributed by atoms with E-state index in [2.05, 4.69) is 5.32 Å². The summed E-state index contributed by atoms with van der Waals surface area (Å²) in [6.45, 7) is 2.48. The summed E-state index contributed by atoms with van der Waals surface area (Å²) in [5.74, 6) is -0.912. The van der Waals surface area contributed by atoms with Gasteiger partial charge in [0.1, 0.15) is 0 Å². The van der Waals surface area contributed by atoms with Crippen molar-refractivity contribution in [3.05, 3.63) is 24.3 Å². The number of carboxylic acids is 1. The Morgan fingerprint density at radius 3 is 2.45 bits per heavy atom. The lowest BCUT2D eigenvalue weighted by Crippen LogP contribution is -2.36. The van der Waals surface area contributed by atoms with Crippen LogP contribution in [0.2, 0.25) is 0 Å². The van der Waals surface area contributed by atoms with E-state index < -0.39 is 5.97 Å². The first-order valence-electron chi connectivity index (χ1n) is 6.49. The molecule has 0 saturated heterocycles. The van der Waals surface area contributed by atoms with Crippen LogP contribution < -0.4 is 10.2 Å². The van der Waals surface area contributed by atoms with Crippen molar-refractivity contribution in [2.45, 2.75) is 13.3 Å². The first kappa shape index (κ1) is 15.8. The number of carbonyl (C=O) groups is 2. The van der Waals surface area contributed by atoms with Crippen molar-refractivity contribution >= 4 is 23.4 Å². The normalized spacial score (nSPS) is 9.95. The zero-order chi connectivity index (χ0) is 15.1. The second kappa shape index (κ2) is 7.37. The Morgan fingerprint density at radius 2 is 1.90 bits per heavy atom. The molecule has 2 N–H and O–H groups in total. The van der Waals surface area contributed by atoms with Crippen LogP contribution in [-0.4, -0.2) is 49.2 Å². The molecule has 0 saturated carbocycles. The molecule has 0 aliphatic rings. The molecule has 0 aliphatic carbocycles. The molecule has 0 radical (unpaired) electrons. The first-order valence-corrected chi connectivity index (χ1v) is 6.49. The molecule has 0 aliphatic heterocycles. The predicted molar refractivity (Wildman–Crippen MR) is 79.3 cm³/mol. The van der Waals surface area contributed by atoms with E-state index in [1.54, 1.807) is 0 Å². The number of hydrogen-bond acceptors (Lipinski definition) is 3. The smallest absolute Gasteiger partial charge is 0.321 e. The van der Waals surface area contributed by atoms with Crippen LogP contribution in [0.4, 0.5) is 16.2 Å². The van der Waals surface area contributed by atoms with E-state index in [9.17, 15) is 9.59 Å². The van der Waals surface area contributed by atoms with Gasteiger partial charge in [0.2, 0.25) is 0 Å². The first-order chi connectivity index (χ1) is 9.45. The van der Waals surface area contributed by atoms with Crippen molar-refractivity contribution in [1.82, 2.24) is 4.90 Å². The van der Waals surface area contributed by atoms with Gasteiger partial charge in [0.25, 0.3) is 0 Å². The zero-order valence-electron chi connectivity index (χ0n) is 12.1. The van der Waals surface area contributed by atoms with Crippen LogP contribution in [0.5, 0.6) is 0 Å². The van der Waals surface area contributed by atoms with Crippen LogP contribution in [0.1, 0.15) is 13.3 Å². The van der Waals surface area contributed by atoms with Crippen LogP contribution in [0, 0.1) is 0 Å². The highest BCUT2D eigenvalue weighted by Gasteiger charge is 2.14. The Balaban J connectivity index is 2.76. The number of rotatable bonds is 6. The molecule has 20 heavy (non-hydrogen) atoms. The lowest BCUT2D eigenvalue weighted by Gasteiger charge is -2.23. The third kappa shape index (κ3) is 4.46. The third-order valence-corrected chi connectivity index (χ3v) is 2.89. The van der Waals surface area contributed by atoms with E-state index in [0.717, 1.165) is 5.69 Å². The van der Waals surface area contributed by atoms with Gasteiger partial charge in [-0.1, -0.05) is 12.1 Å². The van der Waals surface area contributed by atoms with E-state index in [0.29, 0.717) is 12.2 Å². The Bertz CT molecular complexity index is 474. The van der Waals surface area contributed by atoms with E-state index >= 15 is 0 Å². The molecule has 0 atom stereocenters. The number of para-hydroxylation sites is 2. The van der Waals surface area contributed by atoms with Crippen LogP contribution >= 0.6 is 0 Å². The van der Waals surface area contributed by atoms with Gasteiger partial charge in [-0.05, 0) is 19.1 Å². The number of carboxylic acid groups (broad SMARTS) is 1. The van der Waals surface area contributed by atoms with Gasteiger partial charge in [-0.3, -0.25) is 4.79 Å². The van der Waals surface area contributed by atoms with Crippen LogP contribution in [-0.2, 0) is 4.79 Å². The molecule has 1 aromatic carbocycles. The van der Waals surface area contributed by atoms with Crippen molar-refractivity contribution < 1.29 is 14.7 Å². The number of anilines is 2. The fourth-order valence-electron chi connectivity index (χ4n) is 1.80. The van der Waals surface area contributed by atoms with E-state index in [1.165, 1.54) is 4.90 Å². The molecule has 0 unspecified atom stereocenters. The number of urea groups is 1. The molecule has 1 aromatic rings. The Kier molecular flexibility index (Phi) is 5.83. The summed E-state index contributed by atoms with van der Waals surface area (Å²) in [7, 11) is 3.79. The minimum Gasteiger partial charge on any atom is -0.481 e. The van der Waals surface area contributed by atoms with Crippen LogP contribution in [0.15, 0.2) is 24.3 Å². The molecule has 6 nitrogen and oxygen atoms in total. The van der Waals surface area contributed by atoms with Crippen molar-refractivity contribution in [1.29, 1.82) is 0 Å². The minimum absolute atomic E-state index is 0.0589. The molecule has 0 aromatic heterocycles. The largest absolute Gasteiger partial charge is 0.481 e. The van der Waals surface area contributed by atoms with Crippen molar-refractivity contribution in [2.24, 2.45) is 0 Å². The van der Waals surface area contributed by atoms with E-state index in [-0.39, 0.29) is 19.0 Å². The Hall–Kier alpha value is -2.24. The number of aliphatic carboxylic acids is 1. The van der Waals surface area contributed by atoms with Gasteiger partial charge in [0, 0.05) is 27.2 Å². The highest BCUT2D eigenvalue weighted by molar-refractivity contribution is 5.93. The molecule has 110 valence electrons. The molecular formula is C14H21N3O3. The van der Waals surface area contributed by atoms with Crippen molar-refractivity contribution in [3.63, 3.8) is 0 Å². The predicted octanol–water partition coefficient (Wildman–Crippen LogP) is 2.08. The fraction of sp³-hybridized carbons (Fsp3) is 0.429. The summed E-state index contributed by atoms with van der Waals surface area (Å²) >= 11 is 0. The lowest BCUT2D eigenvalue weighted by molar-refractivity contribution is -0.137. The minimum atomic E-state index is -0.912.